The van der Waals surface area contributed by atoms with Crippen molar-refractivity contribution in [2.45, 2.75) is 20.1 Å². The van der Waals surface area contributed by atoms with Gasteiger partial charge >= 0.3 is 0 Å². The van der Waals surface area contributed by atoms with Crippen LogP contribution in [0.2, 0.25) is 0 Å². The van der Waals surface area contributed by atoms with Gasteiger partial charge in [0, 0.05) is 18.2 Å². The molecule has 1 N–H and O–H groups in total. The minimum absolute atomic E-state index is 0.00723. The normalized spacial score (nSPS) is 11.0. The van der Waals surface area contributed by atoms with Gasteiger partial charge in [0.15, 0.2) is 0 Å². The van der Waals surface area contributed by atoms with Crippen LogP contribution in [0.15, 0.2) is 71.3 Å². The molecule has 0 spiro atoms. The van der Waals surface area contributed by atoms with E-state index < -0.39 is 0 Å². The quantitative estimate of drug-likeness (QED) is 0.504. The first-order valence-corrected chi connectivity index (χ1v) is 9.41. The molecule has 0 bridgehead atoms. The molecule has 0 saturated heterocycles. The van der Waals surface area contributed by atoms with Crippen LogP contribution in [0.4, 0.5) is 0 Å². The van der Waals surface area contributed by atoms with E-state index in [9.17, 15) is 5.11 Å². The number of hydrogen-bond acceptors (Lipinski definition) is 5. The molecule has 0 amide bonds. The maximum Gasteiger partial charge on any atom is 0.258 e. The highest BCUT2D eigenvalue weighted by atomic mass is 16.5. The second-order valence-electron chi connectivity index (χ2n) is 6.90. The minimum atomic E-state index is 0.00723. The highest BCUT2D eigenvalue weighted by Crippen LogP contribution is 2.31. The maximum atomic E-state index is 9.18. The van der Waals surface area contributed by atoms with Crippen LogP contribution in [0.3, 0.4) is 0 Å². The fourth-order valence-electron chi connectivity index (χ4n) is 3.36. The van der Waals surface area contributed by atoms with Gasteiger partial charge in [-0.1, -0.05) is 59.8 Å². The zero-order valence-electron chi connectivity index (χ0n) is 16.4. The van der Waals surface area contributed by atoms with Crippen molar-refractivity contribution < 1.29 is 14.4 Å². The van der Waals surface area contributed by atoms with Gasteiger partial charge in [-0.05, 0) is 46.9 Å². The van der Waals surface area contributed by atoms with Crippen molar-refractivity contribution in [3.63, 3.8) is 0 Å². The van der Waals surface area contributed by atoms with Crippen LogP contribution in [0.25, 0.3) is 34.0 Å². The molecule has 146 valence electrons. The predicted molar refractivity (Wildman–Crippen MR) is 112 cm³/mol. The number of methoxy groups -OCH3 is 1. The van der Waals surface area contributed by atoms with E-state index >= 15 is 0 Å². The second-order valence-corrected chi connectivity index (χ2v) is 6.90. The topological polar surface area (TPSA) is 68.4 Å². The molecular weight excluding hydrogens is 364 g/mol. The summed E-state index contributed by atoms with van der Waals surface area (Å²) in [6, 6.07) is 21.8. The highest BCUT2D eigenvalue weighted by Gasteiger charge is 2.14. The summed E-state index contributed by atoms with van der Waals surface area (Å²) in [5.74, 6) is 0.973. The van der Waals surface area contributed by atoms with Gasteiger partial charge < -0.3 is 14.4 Å². The van der Waals surface area contributed by atoms with Gasteiger partial charge in [0.25, 0.3) is 5.89 Å². The largest absolute Gasteiger partial charge is 0.392 e. The first-order valence-electron chi connectivity index (χ1n) is 9.41. The molecule has 3 aromatic carbocycles. The van der Waals surface area contributed by atoms with Gasteiger partial charge in [0.1, 0.15) is 0 Å². The van der Waals surface area contributed by atoms with Crippen molar-refractivity contribution in [2.24, 2.45) is 0 Å². The SMILES string of the molecule is COCc1cc(-c2nc(-c3ccc(CO)cc3)no2)ccc1-c1ccccc1C. The van der Waals surface area contributed by atoms with E-state index in [-0.39, 0.29) is 6.61 Å². The monoisotopic (exact) mass is 386 g/mol. The van der Waals surface area contributed by atoms with Gasteiger partial charge in [-0.3, -0.25) is 0 Å². The van der Waals surface area contributed by atoms with Crippen molar-refractivity contribution >= 4 is 0 Å². The van der Waals surface area contributed by atoms with Crippen LogP contribution in [0, 0.1) is 6.92 Å². The minimum Gasteiger partial charge on any atom is -0.392 e. The van der Waals surface area contributed by atoms with Crippen LogP contribution in [0.5, 0.6) is 0 Å². The Hall–Kier alpha value is -3.28. The average molecular weight is 386 g/mol. The van der Waals surface area contributed by atoms with Crippen LogP contribution in [-0.4, -0.2) is 22.4 Å². The van der Waals surface area contributed by atoms with E-state index in [2.05, 4.69) is 35.3 Å². The summed E-state index contributed by atoms with van der Waals surface area (Å²) in [5.41, 5.74) is 7.11. The highest BCUT2D eigenvalue weighted by molar-refractivity contribution is 5.74. The van der Waals surface area contributed by atoms with E-state index in [4.69, 9.17) is 9.26 Å². The third kappa shape index (κ3) is 3.97. The molecule has 0 aliphatic heterocycles. The lowest BCUT2D eigenvalue weighted by molar-refractivity contribution is 0.185. The number of aliphatic hydroxyl groups is 1. The molecule has 4 aromatic rings. The number of rotatable bonds is 6. The molecule has 0 saturated carbocycles. The van der Waals surface area contributed by atoms with Gasteiger partial charge in [0.2, 0.25) is 5.82 Å². The first-order chi connectivity index (χ1) is 14.2. The van der Waals surface area contributed by atoms with Crippen LogP contribution < -0.4 is 0 Å². The Morgan fingerprint density at radius 3 is 2.41 bits per heavy atom. The molecule has 1 aromatic heterocycles. The van der Waals surface area contributed by atoms with E-state index in [1.807, 2.05) is 48.5 Å². The van der Waals surface area contributed by atoms with Crippen LogP contribution >= 0.6 is 0 Å². The molecule has 1 heterocycles. The number of ether oxygens (including phenoxy) is 1. The predicted octanol–water partition coefficient (Wildman–Crippen LogP) is 5.02. The molecular formula is C24H22N2O3. The molecule has 0 radical (unpaired) electrons. The van der Waals surface area contributed by atoms with E-state index in [0.717, 1.165) is 27.8 Å². The Morgan fingerprint density at radius 1 is 0.931 bits per heavy atom. The fraction of sp³-hybridized carbons (Fsp3) is 0.167. The fourth-order valence-corrected chi connectivity index (χ4v) is 3.36. The van der Waals surface area contributed by atoms with Crippen LogP contribution in [-0.2, 0) is 18.0 Å². The summed E-state index contributed by atoms with van der Waals surface area (Å²) in [6.07, 6.45) is 0. The Kier molecular flexibility index (Phi) is 5.51. The number of benzene rings is 3. The molecule has 0 aliphatic carbocycles. The molecule has 0 aliphatic rings. The lowest BCUT2D eigenvalue weighted by Crippen LogP contribution is -1.95. The Bertz CT molecular complexity index is 1120. The summed E-state index contributed by atoms with van der Waals surface area (Å²) in [7, 11) is 1.69. The first kappa shape index (κ1) is 19.1. The summed E-state index contributed by atoms with van der Waals surface area (Å²) in [4.78, 5) is 4.55. The summed E-state index contributed by atoms with van der Waals surface area (Å²) in [6.45, 7) is 2.60. The van der Waals surface area contributed by atoms with Crippen molar-refractivity contribution in [2.75, 3.05) is 7.11 Å². The molecule has 5 nitrogen and oxygen atoms in total. The molecule has 0 unspecified atom stereocenters. The summed E-state index contributed by atoms with van der Waals surface area (Å²) >= 11 is 0. The number of aryl methyl sites for hydroxylation is 1. The smallest absolute Gasteiger partial charge is 0.258 e. The van der Waals surface area contributed by atoms with E-state index in [1.165, 1.54) is 11.1 Å². The van der Waals surface area contributed by atoms with Gasteiger partial charge in [-0.2, -0.15) is 4.98 Å². The van der Waals surface area contributed by atoms with Crippen molar-refractivity contribution in [3.8, 4) is 34.0 Å². The average Bonchev–Trinajstić information content (AvgIpc) is 3.25. The Balaban J connectivity index is 1.69. The second kappa shape index (κ2) is 8.39. The standard InChI is InChI=1S/C24H22N2O3/c1-16-5-3-4-6-21(16)22-12-11-19(13-20(22)15-28-2)24-25-23(26-29-24)18-9-7-17(14-27)8-10-18/h3-13,27H,14-15H2,1-2H3. The lowest BCUT2D eigenvalue weighted by Gasteiger charge is -2.12. The Labute approximate surface area is 169 Å². The van der Waals surface area contributed by atoms with Gasteiger partial charge in [-0.25, -0.2) is 0 Å². The number of hydrogen-bond donors (Lipinski definition) is 1. The lowest BCUT2D eigenvalue weighted by atomic mass is 9.94. The van der Waals surface area contributed by atoms with E-state index in [1.54, 1.807) is 7.11 Å². The number of nitrogens with zero attached hydrogens (tertiary/aromatic N) is 2. The van der Waals surface area contributed by atoms with Crippen molar-refractivity contribution in [3.05, 3.63) is 83.4 Å². The molecule has 5 heteroatoms. The Morgan fingerprint density at radius 2 is 1.69 bits per heavy atom. The maximum absolute atomic E-state index is 9.18. The van der Waals surface area contributed by atoms with Crippen molar-refractivity contribution in [1.82, 2.24) is 10.1 Å². The molecule has 29 heavy (non-hydrogen) atoms. The van der Waals surface area contributed by atoms with Crippen molar-refractivity contribution in [1.29, 1.82) is 0 Å². The van der Waals surface area contributed by atoms with Crippen LogP contribution in [0.1, 0.15) is 16.7 Å². The zero-order valence-corrected chi connectivity index (χ0v) is 16.4. The number of aromatic nitrogens is 2. The zero-order chi connectivity index (χ0) is 20.2. The van der Waals surface area contributed by atoms with Gasteiger partial charge in [-0.15, -0.1) is 0 Å². The summed E-state index contributed by atoms with van der Waals surface area (Å²) in [5, 5.41) is 13.3. The third-order valence-corrected chi connectivity index (χ3v) is 4.91. The third-order valence-electron chi connectivity index (χ3n) is 4.91. The molecule has 4 rings (SSSR count). The van der Waals surface area contributed by atoms with E-state index in [0.29, 0.717) is 18.3 Å². The molecule has 0 fully saturated rings. The number of aliphatic hydroxyl groups excluding tert-OH is 1. The molecule has 0 atom stereocenters. The van der Waals surface area contributed by atoms with Gasteiger partial charge in [0.05, 0.1) is 13.2 Å². The summed E-state index contributed by atoms with van der Waals surface area (Å²) < 4.78 is 10.9.